The summed E-state index contributed by atoms with van der Waals surface area (Å²) in [4.78, 5) is 11.1. The molecule has 0 amide bonds. The second-order valence-electron chi connectivity index (χ2n) is 2.63. The number of hydrogen-bond acceptors (Lipinski definition) is 4. The molecule has 0 radical (unpaired) electrons. The number of pyridine rings is 1. The first kappa shape index (κ1) is 10.3. The summed E-state index contributed by atoms with van der Waals surface area (Å²) in [5.41, 5.74) is -0.00755. The molecule has 2 rings (SSSR count). The van der Waals surface area contributed by atoms with Crippen molar-refractivity contribution in [3.63, 3.8) is 0 Å². The molecule has 0 aliphatic heterocycles. The molecule has 0 aliphatic rings. The van der Waals surface area contributed by atoms with Crippen LogP contribution in [0.4, 0.5) is 4.39 Å². The van der Waals surface area contributed by atoms with Crippen LogP contribution in [0.5, 0.6) is 5.88 Å². The largest absolute Gasteiger partial charge is 0.480 e. The molecule has 2 aromatic heterocycles. The number of fused-ring (bicyclic) bond motifs is 1. The molecule has 0 saturated carbocycles. The van der Waals surface area contributed by atoms with Gasteiger partial charge < -0.3 is 4.74 Å². The van der Waals surface area contributed by atoms with Crippen LogP contribution in [0.15, 0.2) is 6.20 Å². The molecule has 15 heavy (non-hydrogen) atoms. The number of nitrogens with zero attached hydrogens (tertiary/aromatic N) is 3. The first-order valence-electron chi connectivity index (χ1n) is 3.84. The molecule has 2 heterocycles. The topological polar surface area (TPSA) is 47.9 Å². The Morgan fingerprint density at radius 3 is 2.73 bits per heavy atom. The van der Waals surface area contributed by atoms with E-state index in [1.165, 1.54) is 13.3 Å². The van der Waals surface area contributed by atoms with E-state index in [0.29, 0.717) is 5.39 Å². The predicted molar refractivity (Wildman–Crippen MR) is 53.9 cm³/mol. The molecule has 7 heteroatoms. The Bertz CT molecular complexity index is 535. The lowest BCUT2D eigenvalue weighted by molar-refractivity contribution is 0.402. The van der Waals surface area contributed by atoms with Gasteiger partial charge in [-0.25, -0.2) is 14.4 Å². The lowest BCUT2D eigenvalue weighted by Crippen LogP contribution is -1.96. The Kier molecular flexibility index (Phi) is 2.58. The molecule has 2 aromatic rings. The van der Waals surface area contributed by atoms with Gasteiger partial charge in [-0.15, -0.1) is 0 Å². The molecule has 78 valence electrons. The summed E-state index contributed by atoms with van der Waals surface area (Å²) < 4.78 is 18.4. The molecule has 0 saturated heterocycles. The number of hydrogen-bond donors (Lipinski definition) is 0. The van der Waals surface area contributed by atoms with Gasteiger partial charge in [0.05, 0.1) is 12.5 Å². The van der Waals surface area contributed by atoms with Gasteiger partial charge in [-0.1, -0.05) is 11.6 Å². The van der Waals surface area contributed by atoms with E-state index in [1.54, 1.807) is 0 Å². The minimum atomic E-state index is -0.739. The number of ether oxygens (including phenoxy) is 1. The quantitative estimate of drug-likeness (QED) is 0.574. The maximum absolute atomic E-state index is 13.5. The molecule has 0 fully saturated rings. The first-order chi connectivity index (χ1) is 7.13. The second-order valence-corrected chi connectivity index (χ2v) is 3.32. The van der Waals surface area contributed by atoms with Crippen LogP contribution in [0, 0.1) is 5.82 Å². The average Bonchev–Trinajstić information content (AvgIpc) is 2.23. The number of aromatic nitrogens is 3. The standard InChI is InChI=1S/C8H4Cl2FN3O/c1-15-7-3-2-12-6(9)4(11)5(3)13-8(10)14-7/h2H,1H3. The lowest BCUT2D eigenvalue weighted by atomic mass is 10.3. The molecule has 0 aliphatic carbocycles. The van der Waals surface area contributed by atoms with Crippen molar-refractivity contribution in [2.45, 2.75) is 0 Å². The van der Waals surface area contributed by atoms with E-state index < -0.39 is 5.82 Å². The maximum Gasteiger partial charge on any atom is 0.227 e. The Hall–Kier alpha value is -1.20. The van der Waals surface area contributed by atoms with Gasteiger partial charge in [0, 0.05) is 6.20 Å². The van der Waals surface area contributed by atoms with Gasteiger partial charge in [0.2, 0.25) is 11.2 Å². The Balaban J connectivity index is 2.89. The molecule has 0 bridgehead atoms. The lowest BCUT2D eigenvalue weighted by Gasteiger charge is -2.04. The highest BCUT2D eigenvalue weighted by Gasteiger charge is 2.14. The number of rotatable bonds is 1. The Morgan fingerprint density at radius 2 is 2.07 bits per heavy atom. The van der Waals surface area contributed by atoms with Crippen molar-refractivity contribution in [2.75, 3.05) is 7.11 Å². The summed E-state index contributed by atoms with van der Waals surface area (Å²) in [6.07, 6.45) is 1.33. The van der Waals surface area contributed by atoms with Gasteiger partial charge in [-0.3, -0.25) is 0 Å². The Morgan fingerprint density at radius 1 is 1.33 bits per heavy atom. The van der Waals surface area contributed by atoms with Crippen molar-refractivity contribution in [2.24, 2.45) is 0 Å². The third kappa shape index (κ3) is 1.68. The molecule has 0 aromatic carbocycles. The van der Waals surface area contributed by atoms with Gasteiger partial charge in [0.1, 0.15) is 5.52 Å². The van der Waals surface area contributed by atoms with Gasteiger partial charge in [-0.05, 0) is 11.6 Å². The van der Waals surface area contributed by atoms with Gasteiger partial charge in [-0.2, -0.15) is 4.98 Å². The monoisotopic (exact) mass is 247 g/mol. The fraction of sp³-hybridized carbons (Fsp3) is 0.125. The zero-order chi connectivity index (χ0) is 11.0. The van der Waals surface area contributed by atoms with Crippen LogP contribution in [0.1, 0.15) is 0 Å². The van der Waals surface area contributed by atoms with E-state index in [9.17, 15) is 4.39 Å². The van der Waals surface area contributed by atoms with E-state index in [-0.39, 0.29) is 21.8 Å². The van der Waals surface area contributed by atoms with Gasteiger partial charge in [0.25, 0.3) is 0 Å². The maximum atomic E-state index is 13.5. The predicted octanol–water partition coefficient (Wildman–Crippen LogP) is 2.48. The van der Waals surface area contributed by atoms with Crippen LogP contribution in [-0.4, -0.2) is 22.1 Å². The molecular formula is C8H4Cl2FN3O. The zero-order valence-corrected chi connectivity index (χ0v) is 8.97. The summed E-state index contributed by atoms with van der Waals surface area (Å²) in [7, 11) is 1.39. The van der Waals surface area contributed by atoms with Crippen molar-refractivity contribution in [3.8, 4) is 5.88 Å². The Labute approximate surface area is 94.0 Å². The van der Waals surface area contributed by atoms with Crippen LogP contribution in [0.2, 0.25) is 10.4 Å². The highest BCUT2D eigenvalue weighted by atomic mass is 35.5. The normalized spacial score (nSPS) is 10.7. The molecule has 0 spiro atoms. The van der Waals surface area contributed by atoms with E-state index >= 15 is 0 Å². The van der Waals surface area contributed by atoms with Crippen LogP contribution in [0.25, 0.3) is 10.9 Å². The third-order valence-electron chi connectivity index (χ3n) is 1.77. The van der Waals surface area contributed by atoms with Crippen LogP contribution < -0.4 is 4.74 Å². The SMILES string of the molecule is COc1nc(Cl)nc2c(F)c(Cl)ncc12. The van der Waals surface area contributed by atoms with Crippen LogP contribution in [-0.2, 0) is 0 Å². The highest BCUT2D eigenvalue weighted by Crippen LogP contribution is 2.27. The fourth-order valence-electron chi connectivity index (χ4n) is 1.14. The minimum Gasteiger partial charge on any atom is -0.480 e. The zero-order valence-electron chi connectivity index (χ0n) is 7.46. The fourth-order valence-corrected chi connectivity index (χ4v) is 1.44. The molecule has 0 atom stereocenters. The molecule has 0 N–H and O–H groups in total. The van der Waals surface area contributed by atoms with E-state index in [0.717, 1.165) is 0 Å². The van der Waals surface area contributed by atoms with Crippen molar-refractivity contribution in [1.29, 1.82) is 0 Å². The molecule has 4 nitrogen and oxygen atoms in total. The van der Waals surface area contributed by atoms with Crippen molar-refractivity contribution in [3.05, 3.63) is 22.5 Å². The van der Waals surface area contributed by atoms with Crippen LogP contribution in [0.3, 0.4) is 0 Å². The third-order valence-corrected chi connectivity index (χ3v) is 2.21. The van der Waals surface area contributed by atoms with E-state index in [4.69, 9.17) is 27.9 Å². The van der Waals surface area contributed by atoms with E-state index in [2.05, 4.69) is 15.0 Å². The summed E-state index contributed by atoms with van der Waals surface area (Å²) in [6, 6.07) is 0. The summed E-state index contributed by atoms with van der Waals surface area (Å²) >= 11 is 11.1. The highest BCUT2D eigenvalue weighted by molar-refractivity contribution is 6.30. The number of methoxy groups -OCH3 is 1. The number of halogens is 3. The molecule has 0 unspecified atom stereocenters. The van der Waals surface area contributed by atoms with Crippen molar-refractivity contribution in [1.82, 2.24) is 15.0 Å². The average molecular weight is 248 g/mol. The summed E-state index contributed by atoms with van der Waals surface area (Å²) in [5, 5.41) is -0.0522. The van der Waals surface area contributed by atoms with E-state index in [1.807, 2.05) is 0 Å². The van der Waals surface area contributed by atoms with Crippen molar-refractivity contribution >= 4 is 34.1 Å². The second kappa shape index (κ2) is 3.75. The summed E-state index contributed by atoms with van der Waals surface area (Å²) in [5.74, 6) is -0.579. The first-order valence-corrected chi connectivity index (χ1v) is 4.60. The molecular weight excluding hydrogens is 244 g/mol. The smallest absolute Gasteiger partial charge is 0.227 e. The van der Waals surface area contributed by atoms with Gasteiger partial charge in [0.15, 0.2) is 11.0 Å². The summed E-state index contributed by atoms with van der Waals surface area (Å²) in [6.45, 7) is 0. The van der Waals surface area contributed by atoms with Crippen LogP contribution >= 0.6 is 23.2 Å². The van der Waals surface area contributed by atoms with Gasteiger partial charge >= 0.3 is 0 Å². The minimum absolute atomic E-state index is 0.00755. The van der Waals surface area contributed by atoms with Crippen molar-refractivity contribution < 1.29 is 9.13 Å².